The van der Waals surface area contributed by atoms with Crippen molar-refractivity contribution < 1.29 is 19.4 Å². The molecule has 0 aliphatic carbocycles. The van der Waals surface area contributed by atoms with Crippen LogP contribution in [0.25, 0.3) is 17.0 Å². The van der Waals surface area contributed by atoms with Crippen molar-refractivity contribution in [3.05, 3.63) is 107 Å². The van der Waals surface area contributed by atoms with Gasteiger partial charge in [0.2, 0.25) is 5.78 Å². The number of carbonyl (C=O) groups excluding carboxylic acids is 1. The number of aryl methyl sites for hydroxylation is 1. The van der Waals surface area contributed by atoms with Crippen molar-refractivity contribution in [1.82, 2.24) is 9.78 Å². The number of fused-ring (bicyclic) bond motifs is 1. The lowest BCUT2D eigenvalue weighted by molar-refractivity contribution is -0.149. The van der Waals surface area contributed by atoms with E-state index in [1.54, 1.807) is 0 Å². The van der Waals surface area contributed by atoms with Crippen LogP contribution >= 0.6 is 0 Å². The van der Waals surface area contributed by atoms with Crippen molar-refractivity contribution in [2.45, 2.75) is 33.1 Å². The van der Waals surface area contributed by atoms with Crippen LogP contribution in [-0.4, -0.2) is 32.7 Å². The zero-order valence-corrected chi connectivity index (χ0v) is 19.1. The predicted molar refractivity (Wildman–Crippen MR) is 132 cm³/mol. The molecule has 6 nitrogen and oxygen atoms in total. The zero-order chi connectivity index (χ0) is 24.1. The fourth-order valence-electron chi connectivity index (χ4n) is 3.64. The van der Waals surface area contributed by atoms with Crippen LogP contribution in [0, 0.1) is 6.92 Å². The monoisotopic (exact) mass is 454 g/mol. The lowest BCUT2D eigenvalue weighted by Gasteiger charge is -2.08. The van der Waals surface area contributed by atoms with Gasteiger partial charge in [-0.2, -0.15) is 5.10 Å². The normalized spacial score (nSPS) is 12.3. The van der Waals surface area contributed by atoms with Gasteiger partial charge in [0.25, 0.3) is 0 Å². The van der Waals surface area contributed by atoms with Crippen molar-refractivity contribution in [3.63, 3.8) is 0 Å². The summed E-state index contributed by atoms with van der Waals surface area (Å²) in [5, 5.41) is 14.4. The van der Waals surface area contributed by atoms with Crippen molar-refractivity contribution in [3.8, 4) is 0 Å². The molecule has 0 fully saturated rings. The molecule has 0 saturated carbocycles. The van der Waals surface area contributed by atoms with Gasteiger partial charge in [-0.15, -0.1) is 0 Å². The van der Waals surface area contributed by atoms with Crippen LogP contribution in [0.15, 0.2) is 78.9 Å². The molecule has 0 aliphatic heterocycles. The lowest BCUT2D eigenvalue weighted by atomic mass is 10.0. The SMILES string of the molecule is Cc1ccc(C(=O)c2nn(CC=Cc3cccc(CO[C@H](C)C(=O)O)c3)c3ccccc23)cc1. The first-order chi connectivity index (χ1) is 16.4. The number of ether oxygens (including phenoxy) is 1. The highest BCUT2D eigenvalue weighted by Crippen LogP contribution is 2.22. The van der Waals surface area contributed by atoms with E-state index in [4.69, 9.17) is 9.84 Å². The molecule has 6 heteroatoms. The summed E-state index contributed by atoms with van der Waals surface area (Å²) in [7, 11) is 0. The van der Waals surface area contributed by atoms with Gasteiger partial charge < -0.3 is 9.84 Å². The fraction of sp³-hybridized carbons (Fsp3) is 0.179. The summed E-state index contributed by atoms with van der Waals surface area (Å²) >= 11 is 0. The predicted octanol–water partition coefficient (Wildman–Crippen LogP) is 5.28. The average molecular weight is 455 g/mol. The number of rotatable bonds is 9. The van der Waals surface area contributed by atoms with Gasteiger partial charge in [0, 0.05) is 10.9 Å². The highest BCUT2D eigenvalue weighted by molar-refractivity contribution is 6.14. The van der Waals surface area contributed by atoms with Crippen LogP contribution in [0.1, 0.15) is 39.7 Å². The van der Waals surface area contributed by atoms with Gasteiger partial charge in [-0.25, -0.2) is 4.79 Å². The minimum absolute atomic E-state index is 0.0952. The molecule has 0 aliphatic rings. The molecule has 0 bridgehead atoms. The Labute approximate surface area is 198 Å². The van der Waals surface area contributed by atoms with Crippen LogP contribution in [0.3, 0.4) is 0 Å². The van der Waals surface area contributed by atoms with Crippen molar-refractivity contribution in [2.24, 2.45) is 0 Å². The standard InChI is InChI=1S/C28H26N2O4/c1-19-12-14-23(15-13-19)27(31)26-24-10-3-4-11-25(24)30(29-26)16-6-9-21-7-5-8-22(17-21)18-34-20(2)28(32)33/h3-15,17,20H,16,18H2,1-2H3,(H,32,33)/t20-/m1/s1. The van der Waals surface area contributed by atoms with Gasteiger partial charge in [0.15, 0.2) is 6.10 Å². The minimum Gasteiger partial charge on any atom is -0.479 e. The van der Waals surface area contributed by atoms with E-state index in [1.165, 1.54) is 6.92 Å². The molecule has 172 valence electrons. The van der Waals surface area contributed by atoms with Crippen molar-refractivity contribution in [2.75, 3.05) is 0 Å². The Kier molecular flexibility index (Phi) is 6.99. The number of aromatic nitrogens is 2. The van der Waals surface area contributed by atoms with Crippen molar-refractivity contribution in [1.29, 1.82) is 0 Å². The summed E-state index contributed by atoms with van der Waals surface area (Å²) in [6, 6.07) is 23.0. The first-order valence-electron chi connectivity index (χ1n) is 11.1. The molecule has 1 heterocycles. The second-order valence-corrected chi connectivity index (χ2v) is 8.18. The number of para-hydroxylation sites is 1. The molecule has 0 saturated heterocycles. The highest BCUT2D eigenvalue weighted by Gasteiger charge is 2.18. The molecular weight excluding hydrogens is 428 g/mol. The maximum Gasteiger partial charge on any atom is 0.332 e. The van der Waals surface area contributed by atoms with E-state index in [1.807, 2.05) is 96.6 Å². The third-order valence-corrected chi connectivity index (χ3v) is 5.57. The summed E-state index contributed by atoms with van der Waals surface area (Å²) in [4.78, 5) is 24.1. The van der Waals surface area contributed by atoms with Crippen LogP contribution in [0.2, 0.25) is 0 Å². The van der Waals surface area contributed by atoms with Gasteiger partial charge in [-0.3, -0.25) is 9.48 Å². The third-order valence-electron chi connectivity index (χ3n) is 5.57. The summed E-state index contributed by atoms with van der Waals surface area (Å²) in [5.74, 6) is -1.08. The Balaban J connectivity index is 1.52. The van der Waals surface area contributed by atoms with Crippen LogP contribution in [0.4, 0.5) is 0 Å². The Morgan fingerprint density at radius 3 is 2.59 bits per heavy atom. The number of nitrogens with zero attached hydrogens (tertiary/aromatic N) is 2. The number of ketones is 1. The van der Waals surface area contributed by atoms with Crippen LogP contribution in [0.5, 0.6) is 0 Å². The summed E-state index contributed by atoms with van der Waals surface area (Å²) in [5.41, 5.74) is 4.92. The molecule has 1 atom stereocenters. The molecule has 34 heavy (non-hydrogen) atoms. The topological polar surface area (TPSA) is 81.4 Å². The quantitative estimate of drug-likeness (QED) is 0.348. The second-order valence-electron chi connectivity index (χ2n) is 8.18. The number of carboxylic acid groups (broad SMARTS) is 1. The fourth-order valence-corrected chi connectivity index (χ4v) is 3.64. The first kappa shape index (κ1) is 23.1. The first-order valence-corrected chi connectivity index (χ1v) is 11.1. The number of aliphatic carboxylic acids is 1. The Morgan fingerprint density at radius 2 is 1.82 bits per heavy atom. The molecule has 1 N–H and O–H groups in total. The highest BCUT2D eigenvalue weighted by atomic mass is 16.5. The molecule has 0 spiro atoms. The molecule has 3 aromatic carbocycles. The van der Waals surface area contributed by atoms with E-state index < -0.39 is 12.1 Å². The van der Waals surface area contributed by atoms with Crippen LogP contribution < -0.4 is 0 Å². The minimum atomic E-state index is -0.984. The maximum atomic E-state index is 13.1. The summed E-state index contributed by atoms with van der Waals surface area (Å²) in [6.45, 7) is 4.23. The molecule has 4 rings (SSSR count). The largest absolute Gasteiger partial charge is 0.479 e. The Bertz CT molecular complexity index is 1350. The number of carbonyl (C=O) groups is 2. The molecule has 0 amide bonds. The molecular formula is C28H26N2O4. The number of benzene rings is 3. The Morgan fingerprint density at radius 1 is 1.06 bits per heavy atom. The van der Waals surface area contributed by atoms with Gasteiger partial charge in [0.05, 0.1) is 18.7 Å². The van der Waals surface area contributed by atoms with Gasteiger partial charge in [-0.1, -0.05) is 78.4 Å². The van der Waals surface area contributed by atoms with E-state index in [9.17, 15) is 9.59 Å². The van der Waals surface area contributed by atoms with E-state index in [0.717, 1.165) is 27.6 Å². The van der Waals surface area contributed by atoms with Crippen molar-refractivity contribution >= 4 is 28.7 Å². The van der Waals surface area contributed by atoms with Crippen LogP contribution in [-0.2, 0) is 22.7 Å². The maximum absolute atomic E-state index is 13.1. The van der Waals surface area contributed by atoms with Gasteiger partial charge >= 0.3 is 5.97 Å². The summed E-state index contributed by atoms with van der Waals surface area (Å²) < 4.78 is 7.19. The second kappa shape index (κ2) is 10.3. The third kappa shape index (κ3) is 5.30. The van der Waals surface area contributed by atoms with E-state index in [2.05, 4.69) is 5.10 Å². The van der Waals surface area contributed by atoms with Gasteiger partial charge in [-0.05, 0) is 37.1 Å². The smallest absolute Gasteiger partial charge is 0.332 e. The number of carboxylic acids is 1. The lowest BCUT2D eigenvalue weighted by Crippen LogP contribution is -2.19. The molecule has 0 unspecified atom stereocenters. The summed E-state index contributed by atoms with van der Waals surface area (Å²) in [6.07, 6.45) is 3.10. The van der Waals surface area contributed by atoms with E-state index in [-0.39, 0.29) is 12.4 Å². The number of hydrogen-bond acceptors (Lipinski definition) is 4. The average Bonchev–Trinajstić information content (AvgIpc) is 3.21. The van der Waals surface area contributed by atoms with E-state index in [0.29, 0.717) is 17.8 Å². The molecule has 0 radical (unpaired) electrons. The zero-order valence-electron chi connectivity index (χ0n) is 19.1. The molecule has 4 aromatic rings. The van der Waals surface area contributed by atoms with Gasteiger partial charge in [0.1, 0.15) is 5.69 Å². The van der Waals surface area contributed by atoms with E-state index >= 15 is 0 Å². The Hall–Kier alpha value is -4.03. The molecule has 1 aromatic heterocycles. The number of hydrogen-bond donors (Lipinski definition) is 1. The number of allylic oxidation sites excluding steroid dienone is 1.